The van der Waals surface area contributed by atoms with Crippen molar-refractivity contribution in [3.63, 3.8) is 0 Å². The third-order valence-corrected chi connectivity index (χ3v) is 7.93. The molecule has 4 rings (SSSR count). The first-order valence-corrected chi connectivity index (χ1v) is 13.0. The number of carbonyl (C=O) groups excluding carboxylic acids is 2. The number of carbonyl (C=O) groups is 3. The van der Waals surface area contributed by atoms with E-state index in [-0.39, 0.29) is 35.1 Å². The topological polar surface area (TPSA) is 118 Å². The second-order valence-electron chi connectivity index (χ2n) is 8.87. The van der Waals surface area contributed by atoms with E-state index in [1.165, 1.54) is 12.1 Å². The van der Waals surface area contributed by atoms with Gasteiger partial charge in [-0.3, -0.25) is 19.3 Å². The largest absolute Gasteiger partial charge is 0.480 e. The first-order chi connectivity index (χ1) is 15.9. The van der Waals surface area contributed by atoms with Crippen LogP contribution in [0.25, 0.3) is 11.1 Å². The number of carboxylic acid groups (broad SMARTS) is 1. The van der Waals surface area contributed by atoms with Gasteiger partial charge in [0.25, 0.3) is 0 Å². The van der Waals surface area contributed by atoms with Gasteiger partial charge in [-0.05, 0) is 47.9 Å². The lowest BCUT2D eigenvalue weighted by atomic mass is 9.80. The van der Waals surface area contributed by atoms with Crippen LogP contribution in [0.5, 0.6) is 0 Å². The van der Waals surface area contributed by atoms with Gasteiger partial charge < -0.3 is 9.84 Å². The minimum atomic E-state index is -3.40. The number of likely N-dealkylation sites (tertiary alicyclic amines) is 1. The number of rotatable bonds is 5. The maximum absolute atomic E-state index is 13.4. The molecule has 1 N–H and O–H groups in total. The molecule has 34 heavy (non-hydrogen) atoms. The number of nitrogens with zero attached hydrogens (tertiary/aromatic N) is 1. The van der Waals surface area contributed by atoms with E-state index in [1.807, 2.05) is 0 Å². The van der Waals surface area contributed by atoms with Crippen molar-refractivity contribution in [2.75, 3.05) is 25.9 Å². The third kappa shape index (κ3) is 4.47. The number of hydrogen-bond donors (Lipinski definition) is 1. The molecule has 10 heteroatoms. The van der Waals surface area contributed by atoms with Crippen LogP contribution in [0.4, 0.5) is 0 Å². The summed E-state index contributed by atoms with van der Waals surface area (Å²) in [6.07, 6.45) is 1.61. The fraction of sp³-hybridized carbons (Fsp3) is 0.375. The van der Waals surface area contributed by atoms with E-state index < -0.39 is 33.3 Å². The lowest BCUT2D eigenvalue weighted by Crippen LogP contribution is -2.49. The molecule has 1 spiro atoms. The van der Waals surface area contributed by atoms with Gasteiger partial charge in [0.15, 0.2) is 21.2 Å². The lowest BCUT2D eigenvalue weighted by Gasteiger charge is -2.36. The van der Waals surface area contributed by atoms with E-state index in [1.54, 1.807) is 36.1 Å². The highest BCUT2D eigenvalue weighted by Crippen LogP contribution is 2.43. The summed E-state index contributed by atoms with van der Waals surface area (Å²) in [5.74, 6) is -3.03. The average Bonchev–Trinajstić information content (AvgIpc) is 2.99. The third-order valence-electron chi connectivity index (χ3n) is 6.51. The summed E-state index contributed by atoms with van der Waals surface area (Å²) in [5.41, 5.74) is 1.04. The van der Waals surface area contributed by atoms with Gasteiger partial charge in [-0.1, -0.05) is 23.7 Å². The van der Waals surface area contributed by atoms with Gasteiger partial charge in [0.1, 0.15) is 5.92 Å². The second-order valence-corrected chi connectivity index (χ2v) is 11.3. The molecule has 1 unspecified atom stereocenters. The Balaban J connectivity index is 1.64. The predicted molar refractivity (Wildman–Crippen MR) is 125 cm³/mol. The zero-order valence-electron chi connectivity index (χ0n) is 18.7. The zero-order chi connectivity index (χ0) is 24.8. The highest BCUT2D eigenvalue weighted by Gasteiger charge is 2.56. The Morgan fingerprint density at radius 1 is 1.21 bits per heavy atom. The Hall–Kier alpha value is -2.75. The Morgan fingerprint density at radius 2 is 1.88 bits per heavy atom. The van der Waals surface area contributed by atoms with Crippen LogP contribution in [0.1, 0.15) is 29.9 Å². The maximum Gasteiger partial charge on any atom is 0.322 e. The number of aliphatic carboxylic acids is 1. The number of benzene rings is 2. The predicted octanol–water partition coefficient (Wildman–Crippen LogP) is 2.85. The van der Waals surface area contributed by atoms with Crippen molar-refractivity contribution in [1.82, 2.24) is 4.90 Å². The molecular formula is C24H24ClNO7S. The van der Waals surface area contributed by atoms with Crippen LogP contribution in [0.2, 0.25) is 5.02 Å². The van der Waals surface area contributed by atoms with Gasteiger partial charge in [-0.15, -0.1) is 0 Å². The van der Waals surface area contributed by atoms with E-state index in [9.17, 15) is 22.8 Å². The first-order valence-electron chi connectivity index (χ1n) is 10.7. The number of Topliss-reactive ketones (excluding diaryl/α,β-unsaturated/α-hetero) is 1. The van der Waals surface area contributed by atoms with Crippen molar-refractivity contribution in [1.29, 1.82) is 0 Å². The van der Waals surface area contributed by atoms with E-state index in [4.69, 9.17) is 21.4 Å². The molecule has 180 valence electrons. The van der Waals surface area contributed by atoms with Gasteiger partial charge in [0.2, 0.25) is 0 Å². The molecule has 0 amide bonds. The summed E-state index contributed by atoms with van der Waals surface area (Å²) in [7, 11) is -3.40. The quantitative estimate of drug-likeness (QED) is 0.487. The minimum Gasteiger partial charge on any atom is -0.480 e. The molecule has 2 heterocycles. The summed E-state index contributed by atoms with van der Waals surface area (Å²) in [5, 5.41) is 9.27. The van der Waals surface area contributed by atoms with Crippen molar-refractivity contribution in [2.24, 2.45) is 0 Å². The van der Waals surface area contributed by atoms with Crippen molar-refractivity contribution >= 4 is 39.2 Å². The van der Waals surface area contributed by atoms with Crippen molar-refractivity contribution in [3.05, 3.63) is 52.5 Å². The number of sulfone groups is 1. The summed E-state index contributed by atoms with van der Waals surface area (Å²) in [4.78, 5) is 39.1. The van der Waals surface area contributed by atoms with Gasteiger partial charge in [-0.2, -0.15) is 0 Å². The highest BCUT2D eigenvalue weighted by atomic mass is 35.5. The molecule has 0 bridgehead atoms. The molecule has 0 aliphatic carbocycles. The molecule has 2 saturated heterocycles. The molecule has 0 saturated carbocycles. The molecule has 2 aromatic rings. The standard InChI is InChI=1S/C24H24ClNO7S/c1-14-10-18(15-4-3-5-16(11-15)34(2,31)32)19(25)12-17(14)21-22(29)24(33-23(21)30)6-8-26(9-7-24)13-20(27)28/h3-5,10-12,21H,6-9,13H2,1-2H3,(H,27,28). The van der Waals surface area contributed by atoms with Gasteiger partial charge in [0.05, 0.1) is 11.4 Å². The van der Waals surface area contributed by atoms with Crippen LogP contribution >= 0.6 is 11.6 Å². The molecule has 0 radical (unpaired) electrons. The highest BCUT2D eigenvalue weighted by molar-refractivity contribution is 7.90. The zero-order valence-corrected chi connectivity index (χ0v) is 20.3. The number of esters is 1. The second kappa shape index (κ2) is 8.79. The Labute approximate surface area is 202 Å². The summed E-state index contributed by atoms with van der Waals surface area (Å²) in [6.45, 7) is 2.32. The van der Waals surface area contributed by atoms with E-state index >= 15 is 0 Å². The number of halogens is 1. The Morgan fingerprint density at radius 3 is 2.50 bits per heavy atom. The summed E-state index contributed by atoms with van der Waals surface area (Å²) in [6, 6.07) is 9.71. The summed E-state index contributed by atoms with van der Waals surface area (Å²) < 4.78 is 29.5. The SMILES string of the molecule is Cc1cc(-c2cccc(S(C)(=O)=O)c2)c(Cl)cc1C1C(=O)OC2(CCN(CC(=O)O)CC2)C1=O. The smallest absolute Gasteiger partial charge is 0.322 e. The van der Waals surface area contributed by atoms with E-state index in [2.05, 4.69) is 0 Å². The van der Waals surface area contributed by atoms with E-state index in [0.717, 1.165) is 6.26 Å². The Bertz CT molecular complexity index is 1300. The summed E-state index contributed by atoms with van der Waals surface area (Å²) >= 11 is 6.55. The number of ketones is 1. The van der Waals surface area contributed by atoms with Gasteiger partial charge in [-0.25, -0.2) is 8.42 Å². The van der Waals surface area contributed by atoms with Gasteiger partial charge >= 0.3 is 11.9 Å². The lowest BCUT2D eigenvalue weighted by molar-refractivity contribution is -0.157. The van der Waals surface area contributed by atoms with E-state index in [0.29, 0.717) is 35.3 Å². The molecule has 0 aromatic heterocycles. The number of carboxylic acids is 1. The van der Waals surface area contributed by atoms with Crippen molar-refractivity contribution < 1.29 is 32.6 Å². The number of aryl methyl sites for hydroxylation is 1. The van der Waals surface area contributed by atoms with Gasteiger partial charge in [0, 0.05) is 42.8 Å². The number of piperidine rings is 1. The molecule has 2 aromatic carbocycles. The number of hydrogen-bond acceptors (Lipinski definition) is 7. The van der Waals surface area contributed by atoms with Crippen molar-refractivity contribution in [3.8, 4) is 11.1 Å². The van der Waals surface area contributed by atoms with Crippen LogP contribution in [0, 0.1) is 6.92 Å². The molecule has 2 aliphatic heterocycles. The minimum absolute atomic E-state index is 0.127. The normalized spacial score (nSPS) is 20.5. The monoisotopic (exact) mass is 505 g/mol. The van der Waals surface area contributed by atoms with Crippen LogP contribution < -0.4 is 0 Å². The fourth-order valence-electron chi connectivity index (χ4n) is 4.68. The first kappa shape index (κ1) is 24.4. The van der Waals surface area contributed by atoms with Crippen LogP contribution in [0.15, 0.2) is 41.3 Å². The van der Waals surface area contributed by atoms with Crippen LogP contribution in [-0.2, 0) is 29.0 Å². The average molecular weight is 506 g/mol. The number of ether oxygens (including phenoxy) is 1. The fourth-order valence-corrected chi connectivity index (χ4v) is 5.62. The van der Waals surface area contributed by atoms with Crippen LogP contribution in [0.3, 0.4) is 0 Å². The molecule has 2 aliphatic rings. The van der Waals surface area contributed by atoms with Crippen LogP contribution in [-0.4, -0.2) is 67.6 Å². The molecular weight excluding hydrogens is 482 g/mol. The Kier molecular flexibility index (Phi) is 6.30. The van der Waals surface area contributed by atoms with Crippen molar-refractivity contribution in [2.45, 2.75) is 36.2 Å². The molecule has 2 fully saturated rings. The molecule has 8 nitrogen and oxygen atoms in total. The maximum atomic E-state index is 13.4. The molecule has 1 atom stereocenters.